The summed E-state index contributed by atoms with van der Waals surface area (Å²) in [6, 6.07) is 7.81. The number of benzene rings is 1. The van der Waals surface area contributed by atoms with Crippen molar-refractivity contribution < 1.29 is 4.79 Å². The van der Waals surface area contributed by atoms with Crippen LogP contribution in [0, 0.1) is 0 Å². The molecule has 0 spiro atoms. The molecule has 2 heteroatoms. The van der Waals surface area contributed by atoms with Crippen molar-refractivity contribution in [2.75, 3.05) is 6.26 Å². The number of carbonyl (C=O) groups excluding carboxylic acids is 1. The average molecular weight is 164 g/mol. The zero-order chi connectivity index (χ0) is 7.84. The molecule has 1 unspecified atom stereocenters. The second-order valence-corrected chi connectivity index (χ2v) is 4.33. The van der Waals surface area contributed by atoms with Crippen molar-refractivity contribution in [3.63, 3.8) is 0 Å². The Labute approximate surface area is 68.0 Å². The van der Waals surface area contributed by atoms with Gasteiger partial charge in [0.15, 0.2) is 5.78 Å². The Morgan fingerprint density at radius 2 is 2.00 bits per heavy atom. The highest BCUT2D eigenvalue weighted by Gasteiger charge is 2.15. The van der Waals surface area contributed by atoms with E-state index < -0.39 is 0 Å². The van der Waals surface area contributed by atoms with Crippen molar-refractivity contribution in [3.8, 4) is 0 Å². The molecule has 2 rings (SSSR count). The fourth-order valence-corrected chi connectivity index (χ4v) is 2.62. The van der Waals surface area contributed by atoms with E-state index >= 15 is 0 Å². The van der Waals surface area contributed by atoms with Crippen LogP contribution in [0.2, 0.25) is 0 Å². The van der Waals surface area contributed by atoms with Gasteiger partial charge in [-0.25, -0.2) is 0 Å². The fraction of sp³-hybridized carbons (Fsp3) is 0.111. The van der Waals surface area contributed by atoms with E-state index in [1.165, 1.54) is 4.90 Å². The maximum absolute atomic E-state index is 11.2. The average Bonchev–Trinajstić information content (AvgIpc) is 2.30. The van der Waals surface area contributed by atoms with Gasteiger partial charge in [0, 0.05) is 15.8 Å². The van der Waals surface area contributed by atoms with Crippen molar-refractivity contribution in [1.29, 1.82) is 0 Å². The van der Waals surface area contributed by atoms with Crippen LogP contribution in [-0.4, -0.2) is 17.4 Å². The third-order valence-electron chi connectivity index (χ3n) is 1.78. The van der Waals surface area contributed by atoms with Crippen LogP contribution in [-0.2, 0) is 0 Å². The molecule has 1 heterocycles. The van der Waals surface area contributed by atoms with Gasteiger partial charge < -0.3 is 0 Å². The van der Waals surface area contributed by atoms with E-state index in [0.29, 0.717) is 0 Å². The molecule has 0 bridgehead atoms. The van der Waals surface area contributed by atoms with Crippen molar-refractivity contribution in [2.45, 2.75) is 4.90 Å². The summed E-state index contributed by atoms with van der Waals surface area (Å²) in [4.78, 5) is 12.4. The summed E-state index contributed by atoms with van der Waals surface area (Å²) < 4.78 is 0. The van der Waals surface area contributed by atoms with Crippen LogP contribution < -0.4 is 0 Å². The number of carbonyl (C=O) groups is 1. The highest BCUT2D eigenvalue weighted by Crippen LogP contribution is 2.31. The van der Waals surface area contributed by atoms with Crippen LogP contribution >= 0.6 is 10.5 Å². The topological polar surface area (TPSA) is 17.1 Å². The minimum Gasteiger partial charge on any atom is -0.289 e. The predicted molar refractivity (Wildman–Crippen MR) is 48.6 cm³/mol. The summed E-state index contributed by atoms with van der Waals surface area (Å²) in [5, 5.41) is 1.80. The highest BCUT2D eigenvalue weighted by atomic mass is 32.2. The second-order valence-electron chi connectivity index (χ2n) is 2.54. The summed E-state index contributed by atoms with van der Waals surface area (Å²) in [7, 11) is 0.0476. The maximum Gasteiger partial charge on any atom is 0.192 e. The summed E-state index contributed by atoms with van der Waals surface area (Å²) in [6.07, 6.45) is 2.07. The molecule has 0 radical (unpaired) electrons. The normalized spacial score (nSPS) is 21.2. The van der Waals surface area contributed by atoms with Crippen LogP contribution in [0.25, 0.3) is 0 Å². The molecule has 56 valence electrons. The number of rotatable bonds is 0. The van der Waals surface area contributed by atoms with Gasteiger partial charge in [-0.15, -0.1) is 0 Å². The smallest absolute Gasteiger partial charge is 0.192 e. The minimum atomic E-state index is 0.0476. The molecule has 1 nitrogen and oxygen atoms in total. The standard InChI is InChI=1S/C9H8OS/c1-11-6-8(10)7-4-2-3-5-9(7)11/h2-6H,1H3. The van der Waals surface area contributed by atoms with E-state index in [2.05, 4.69) is 6.26 Å². The van der Waals surface area contributed by atoms with Gasteiger partial charge in [0.25, 0.3) is 0 Å². The molecule has 1 aromatic rings. The number of hydrogen-bond acceptors (Lipinski definition) is 1. The van der Waals surface area contributed by atoms with Crippen LogP contribution in [0.3, 0.4) is 0 Å². The fourth-order valence-electron chi connectivity index (χ4n) is 1.24. The Bertz CT molecular complexity index is 352. The lowest BCUT2D eigenvalue weighted by atomic mass is 10.2. The van der Waals surface area contributed by atoms with E-state index in [1.807, 2.05) is 24.3 Å². The number of hydrogen-bond donors (Lipinski definition) is 0. The molecule has 1 aliphatic heterocycles. The highest BCUT2D eigenvalue weighted by molar-refractivity contribution is 8.16. The van der Waals surface area contributed by atoms with Gasteiger partial charge >= 0.3 is 0 Å². The number of Topliss-reactive ketones (excluding diaryl/α,β-unsaturated/α-hetero) is 1. The Balaban J connectivity index is 2.71. The second kappa shape index (κ2) is 2.31. The predicted octanol–water partition coefficient (Wildman–Crippen LogP) is 1.94. The van der Waals surface area contributed by atoms with E-state index in [4.69, 9.17) is 0 Å². The van der Waals surface area contributed by atoms with Crippen molar-refractivity contribution >= 4 is 21.6 Å². The SMILES string of the molecule is CS1=CC(=O)c2ccccc21. The summed E-state index contributed by atoms with van der Waals surface area (Å²) >= 11 is 0. The van der Waals surface area contributed by atoms with E-state index in [-0.39, 0.29) is 16.3 Å². The van der Waals surface area contributed by atoms with E-state index in [0.717, 1.165) is 5.56 Å². The van der Waals surface area contributed by atoms with Gasteiger partial charge in [0.05, 0.1) is 0 Å². The molecule has 0 fully saturated rings. The van der Waals surface area contributed by atoms with Gasteiger partial charge in [-0.2, -0.15) is 10.5 Å². The summed E-state index contributed by atoms with van der Waals surface area (Å²) in [6.45, 7) is 0. The van der Waals surface area contributed by atoms with Crippen LogP contribution in [0.1, 0.15) is 10.4 Å². The van der Waals surface area contributed by atoms with Crippen molar-refractivity contribution in [1.82, 2.24) is 0 Å². The number of ketones is 1. The maximum atomic E-state index is 11.2. The van der Waals surface area contributed by atoms with E-state index in [1.54, 1.807) is 5.37 Å². The first-order valence-corrected chi connectivity index (χ1v) is 5.11. The van der Waals surface area contributed by atoms with Crippen molar-refractivity contribution in [3.05, 3.63) is 29.8 Å². The quantitative estimate of drug-likeness (QED) is 0.535. The Morgan fingerprint density at radius 1 is 1.27 bits per heavy atom. The molecular formula is C9H8OS. The molecule has 1 aromatic carbocycles. The van der Waals surface area contributed by atoms with Crippen LogP contribution in [0.15, 0.2) is 29.2 Å². The van der Waals surface area contributed by atoms with Crippen LogP contribution in [0.5, 0.6) is 0 Å². The molecule has 11 heavy (non-hydrogen) atoms. The van der Waals surface area contributed by atoms with Gasteiger partial charge in [-0.1, -0.05) is 12.1 Å². The number of fused-ring (bicyclic) bond motifs is 1. The molecular weight excluding hydrogens is 156 g/mol. The molecule has 0 N–H and O–H groups in total. The lowest BCUT2D eigenvalue weighted by molar-refractivity contribution is 0.107. The molecule has 0 saturated carbocycles. The first-order valence-electron chi connectivity index (χ1n) is 3.42. The third-order valence-corrected chi connectivity index (χ3v) is 3.40. The van der Waals surface area contributed by atoms with Gasteiger partial charge in [-0.3, -0.25) is 4.79 Å². The Hall–Kier alpha value is -0.890. The van der Waals surface area contributed by atoms with Gasteiger partial charge in [0.1, 0.15) is 0 Å². The molecule has 1 aliphatic rings. The third kappa shape index (κ3) is 0.942. The Morgan fingerprint density at radius 3 is 2.73 bits per heavy atom. The van der Waals surface area contributed by atoms with Gasteiger partial charge in [-0.05, 0) is 18.4 Å². The monoisotopic (exact) mass is 164 g/mol. The van der Waals surface area contributed by atoms with Gasteiger partial charge in [0.2, 0.25) is 0 Å². The van der Waals surface area contributed by atoms with Crippen LogP contribution in [0.4, 0.5) is 0 Å². The van der Waals surface area contributed by atoms with E-state index in [9.17, 15) is 4.79 Å². The summed E-state index contributed by atoms with van der Waals surface area (Å²) in [5.41, 5.74) is 0.887. The molecule has 0 aliphatic carbocycles. The zero-order valence-electron chi connectivity index (χ0n) is 6.20. The minimum absolute atomic E-state index is 0.0476. The van der Waals surface area contributed by atoms with Crippen molar-refractivity contribution in [2.24, 2.45) is 0 Å². The molecule has 0 saturated heterocycles. The lowest BCUT2D eigenvalue weighted by Crippen LogP contribution is -1.93. The first kappa shape index (κ1) is 6.80. The zero-order valence-corrected chi connectivity index (χ0v) is 7.02. The molecule has 0 amide bonds. The largest absolute Gasteiger partial charge is 0.289 e. The summed E-state index contributed by atoms with van der Waals surface area (Å²) in [5.74, 6) is 0.187. The first-order chi connectivity index (χ1) is 5.29. The molecule has 1 atom stereocenters. The Kier molecular flexibility index (Phi) is 1.43. The lowest BCUT2D eigenvalue weighted by Gasteiger charge is -1.97. The molecule has 0 aromatic heterocycles.